The molecule has 0 radical (unpaired) electrons. The van der Waals surface area contributed by atoms with Gasteiger partial charge in [-0.15, -0.1) is 0 Å². The fourth-order valence-electron chi connectivity index (χ4n) is 1.94. The standard InChI is InChI=1S/C15H14Cl2N2O3/c1-19-8-12(2-3-15(19)22)18-14(21)7-13(20)9-4-10(16)6-11(17)5-9/h2-6,8,13,20H,7H2,1H3,(H,18,21). The molecule has 0 aliphatic carbocycles. The van der Waals surface area contributed by atoms with E-state index >= 15 is 0 Å². The number of nitrogens with zero attached hydrogens (tertiary/aromatic N) is 1. The van der Waals surface area contributed by atoms with Crippen LogP contribution in [0.4, 0.5) is 5.69 Å². The van der Waals surface area contributed by atoms with E-state index in [1.165, 1.54) is 22.9 Å². The van der Waals surface area contributed by atoms with Crippen LogP contribution in [-0.4, -0.2) is 15.6 Å². The van der Waals surface area contributed by atoms with Crippen LogP contribution in [0.3, 0.4) is 0 Å². The number of aliphatic hydroxyl groups is 1. The maximum Gasteiger partial charge on any atom is 0.250 e. The van der Waals surface area contributed by atoms with Gasteiger partial charge in [-0.05, 0) is 29.8 Å². The Labute approximate surface area is 137 Å². The molecule has 1 aromatic heterocycles. The van der Waals surface area contributed by atoms with E-state index in [9.17, 15) is 14.7 Å². The largest absolute Gasteiger partial charge is 0.388 e. The molecule has 1 atom stereocenters. The summed E-state index contributed by atoms with van der Waals surface area (Å²) < 4.78 is 1.35. The minimum atomic E-state index is -1.02. The summed E-state index contributed by atoms with van der Waals surface area (Å²) in [5, 5.41) is 13.5. The van der Waals surface area contributed by atoms with Gasteiger partial charge in [0.15, 0.2) is 0 Å². The summed E-state index contributed by atoms with van der Waals surface area (Å²) in [7, 11) is 1.58. The van der Waals surface area contributed by atoms with Crippen molar-refractivity contribution in [1.29, 1.82) is 0 Å². The second kappa shape index (κ2) is 6.96. The highest BCUT2D eigenvalue weighted by Crippen LogP contribution is 2.25. The Bertz CT molecular complexity index is 738. The Balaban J connectivity index is 2.04. The van der Waals surface area contributed by atoms with Gasteiger partial charge in [-0.3, -0.25) is 9.59 Å². The number of carbonyl (C=O) groups is 1. The summed E-state index contributed by atoms with van der Waals surface area (Å²) in [6.07, 6.45) is 0.325. The summed E-state index contributed by atoms with van der Waals surface area (Å²) >= 11 is 11.7. The van der Waals surface area contributed by atoms with Crippen molar-refractivity contribution in [3.05, 3.63) is 62.5 Å². The van der Waals surface area contributed by atoms with Crippen LogP contribution in [0.5, 0.6) is 0 Å². The van der Waals surface area contributed by atoms with Crippen LogP contribution < -0.4 is 10.9 Å². The van der Waals surface area contributed by atoms with E-state index in [0.29, 0.717) is 21.3 Å². The monoisotopic (exact) mass is 340 g/mol. The van der Waals surface area contributed by atoms with Gasteiger partial charge in [0.2, 0.25) is 11.5 Å². The van der Waals surface area contributed by atoms with Crippen molar-refractivity contribution in [3.8, 4) is 0 Å². The molecule has 2 aromatic rings. The number of anilines is 1. The number of amides is 1. The lowest BCUT2D eigenvalue weighted by atomic mass is 10.1. The van der Waals surface area contributed by atoms with Crippen LogP contribution >= 0.6 is 23.2 Å². The van der Waals surface area contributed by atoms with Crippen molar-refractivity contribution in [2.45, 2.75) is 12.5 Å². The van der Waals surface area contributed by atoms with E-state index in [1.54, 1.807) is 25.2 Å². The predicted octanol–water partition coefficient (Wildman–Crippen LogP) is 2.75. The van der Waals surface area contributed by atoms with Crippen LogP contribution in [0.1, 0.15) is 18.1 Å². The lowest BCUT2D eigenvalue weighted by Gasteiger charge is -2.12. The molecule has 22 heavy (non-hydrogen) atoms. The molecule has 0 saturated heterocycles. The smallest absolute Gasteiger partial charge is 0.250 e. The summed E-state index contributed by atoms with van der Waals surface area (Å²) in [5.41, 5.74) is 0.767. The molecule has 0 bridgehead atoms. The second-order valence-electron chi connectivity index (χ2n) is 4.84. The molecule has 1 amide bonds. The van der Waals surface area contributed by atoms with Gasteiger partial charge >= 0.3 is 0 Å². The molecule has 2 N–H and O–H groups in total. The molecule has 1 heterocycles. The van der Waals surface area contributed by atoms with Gasteiger partial charge in [0.05, 0.1) is 18.2 Å². The van der Waals surface area contributed by atoms with Crippen LogP contribution in [0, 0.1) is 0 Å². The molecular formula is C15H14Cl2N2O3. The molecule has 1 aromatic carbocycles. The van der Waals surface area contributed by atoms with Gasteiger partial charge in [-0.2, -0.15) is 0 Å². The average Bonchev–Trinajstić information content (AvgIpc) is 2.41. The van der Waals surface area contributed by atoms with Gasteiger partial charge in [0, 0.05) is 29.4 Å². The number of hydrogen-bond donors (Lipinski definition) is 2. The first-order valence-electron chi connectivity index (χ1n) is 6.46. The van der Waals surface area contributed by atoms with E-state index in [0.717, 1.165) is 0 Å². The Morgan fingerprint density at radius 3 is 2.50 bits per heavy atom. The maximum atomic E-state index is 11.9. The van der Waals surface area contributed by atoms with Crippen molar-refractivity contribution in [2.75, 3.05) is 5.32 Å². The lowest BCUT2D eigenvalue weighted by molar-refractivity contribution is -0.118. The molecule has 0 fully saturated rings. The van der Waals surface area contributed by atoms with Crippen molar-refractivity contribution >= 4 is 34.8 Å². The van der Waals surface area contributed by atoms with E-state index < -0.39 is 6.10 Å². The van der Waals surface area contributed by atoms with E-state index in [4.69, 9.17) is 23.2 Å². The number of benzene rings is 1. The topological polar surface area (TPSA) is 71.3 Å². The number of pyridine rings is 1. The molecule has 0 saturated carbocycles. The molecule has 116 valence electrons. The number of rotatable bonds is 4. The first kappa shape index (κ1) is 16.5. The molecule has 0 aliphatic rings. The zero-order chi connectivity index (χ0) is 16.3. The zero-order valence-corrected chi connectivity index (χ0v) is 13.2. The lowest BCUT2D eigenvalue weighted by Crippen LogP contribution is -2.19. The minimum absolute atomic E-state index is 0.153. The van der Waals surface area contributed by atoms with Gasteiger partial charge in [0.25, 0.3) is 0 Å². The van der Waals surface area contributed by atoms with Crippen LogP contribution in [0.2, 0.25) is 10.0 Å². The molecule has 1 unspecified atom stereocenters. The first-order valence-corrected chi connectivity index (χ1v) is 7.21. The fourth-order valence-corrected chi connectivity index (χ4v) is 2.48. The Kier molecular flexibility index (Phi) is 5.24. The van der Waals surface area contributed by atoms with Gasteiger partial charge in [-0.1, -0.05) is 23.2 Å². The number of hydrogen-bond acceptors (Lipinski definition) is 3. The second-order valence-corrected chi connectivity index (χ2v) is 5.71. The minimum Gasteiger partial charge on any atom is -0.388 e. The van der Waals surface area contributed by atoms with Crippen LogP contribution in [0.25, 0.3) is 0 Å². The normalized spacial score (nSPS) is 12.0. The highest BCUT2D eigenvalue weighted by Gasteiger charge is 2.14. The van der Waals surface area contributed by atoms with Crippen molar-refractivity contribution in [3.63, 3.8) is 0 Å². The van der Waals surface area contributed by atoms with E-state index in [1.807, 2.05) is 0 Å². The highest BCUT2D eigenvalue weighted by molar-refractivity contribution is 6.34. The van der Waals surface area contributed by atoms with Gasteiger partial charge < -0.3 is 15.0 Å². The number of halogens is 2. The van der Waals surface area contributed by atoms with Crippen LogP contribution in [-0.2, 0) is 11.8 Å². The summed E-state index contributed by atoms with van der Waals surface area (Å²) in [6.45, 7) is 0. The molecule has 0 spiro atoms. The SMILES string of the molecule is Cn1cc(NC(=O)CC(O)c2cc(Cl)cc(Cl)c2)ccc1=O. The first-order chi connectivity index (χ1) is 10.3. The zero-order valence-electron chi connectivity index (χ0n) is 11.7. The van der Waals surface area contributed by atoms with E-state index in [-0.39, 0.29) is 17.9 Å². The molecule has 2 rings (SSSR count). The summed E-state index contributed by atoms with van der Waals surface area (Å²) in [4.78, 5) is 23.2. The quantitative estimate of drug-likeness (QED) is 0.898. The predicted molar refractivity (Wildman–Crippen MR) is 86.4 cm³/mol. The fraction of sp³-hybridized carbons (Fsp3) is 0.200. The van der Waals surface area contributed by atoms with Crippen molar-refractivity contribution in [2.24, 2.45) is 7.05 Å². The summed E-state index contributed by atoms with van der Waals surface area (Å²) in [6, 6.07) is 7.50. The van der Waals surface area contributed by atoms with Crippen molar-refractivity contribution in [1.82, 2.24) is 4.57 Å². The third kappa shape index (κ3) is 4.34. The Hall–Kier alpha value is -1.82. The van der Waals surface area contributed by atoms with Crippen molar-refractivity contribution < 1.29 is 9.90 Å². The number of carbonyl (C=O) groups excluding carboxylic acids is 1. The number of aliphatic hydroxyl groups excluding tert-OH is 1. The number of aromatic nitrogens is 1. The molecular weight excluding hydrogens is 327 g/mol. The van der Waals surface area contributed by atoms with Gasteiger partial charge in [0.1, 0.15) is 0 Å². The molecule has 0 aliphatic heterocycles. The summed E-state index contributed by atoms with van der Waals surface area (Å²) in [5.74, 6) is -0.387. The Morgan fingerprint density at radius 2 is 1.91 bits per heavy atom. The molecule has 5 nitrogen and oxygen atoms in total. The highest BCUT2D eigenvalue weighted by atomic mass is 35.5. The third-order valence-electron chi connectivity index (χ3n) is 3.02. The average molecular weight is 341 g/mol. The number of aryl methyl sites for hydroxylation is 1. The maximum absolute atomic E-state index is 11.9. The van der Waals surface area contributed by atoms with E-state index in [2.05, 4.69) is 5.32 Å². The third-order valence-corrected chi connectivity index (χ3v) is 3.45. The number of nitrogens with one attached hydrogen (secondary N) is 1. The van der Waals surface area contributed by atoms with Crippen LogP contribution in [0.15, 0.2) is 41.3 Å². The molecule has 7 heteroatoms. The van der Waals surface area contributed by atoms with Gasteiger partial charge in [-0.25, -0.2) is 0 Å². The Morgan fingerprint density at radius 1 is 1.27 bits per heavy atom.